The molecule has 4 aromatic rings. The van der Waals surface area contributed by atoms with Gasteiger partial charge in [-0.25, -0.2) is 13.6 Å². The fraction of sp³-hybridized carbons (Fsp3) is 0.382. The Bertz CT molecular complexity index is 1720. The molecule has 2 saturated heterocycles. The van der Waals surface area contributed by atoms with E-state index in [1.165, 1.54) is 17.0 Å². The van der Waals surface area contributed by atoms with E-state index in [1.807, 2.05) is 43.3 Å². The molecule has 4 N–H and O–H groups in total. The van der Waals surface area contributed by atoms with Crippen molar-refractivity contribution in [2.75, 3.05) is 55.3 Å². The van der Waals surface area contributed by atoms with Crippen LogP contribution in [0, 0.1) is 11.6 Å². The summed E-state index contributed by atoms with van der Waals surface area (Å²) >= 11 is 0. The number of benzene rings is 3. The van der Waals surface area contributed by atoms with Crippen molar-refractivity contribution in [2.45, 2.75) is 44.7 Å². The zero-order chi connectivity index (χ0) is 32.4. The maximum atomic E-state index is 13.9. The van der Waals surface area contributed by atoms with E-state index < -0.39 is 17.7 Å². The number of nitrogens with one attached hydrogen (secondary N) is 3. The molecule has 2 unspecified atom stereocenters. The third-order valence-corrected chi connectivity index (χ3v) is 9.10. The fourth-order valence-electron chi connectivity index (χ4n) is 6.54. The van der Waals surface area contributed by atoms with Gasteiger partial charge in [-0.05, 0) is 86.3 Å². The second kappa shape index (κ2) is 13.3. The first-order valence-electron chi connectivity index (χ1n) is 15.7. The molecule has 242 valence electrons. The molecule has 0 saturated carbocycles. The molecular formula is C34H39F2N7O3. The SMILES string of the molecule is CCC1CC(Nc2cc(N3CCN(C)CC3)ccc2C(=O)Nc2n[nH]c3ccc(Cc4cc(F)cc(F)c4)cc23)CCN1C(=O)O. The molecule has 3 heterocycles. The zero-order valence-electron chi connectivity index (χ0n) is 26.0. The lowest BCUT2D eigenvalue weighted by molar-refractivity contribution is 0.102. The summed E-state index contributed by atoms with van der Waals surface area (Å²) in [5.74, 6) is -1.25. The van der Waals surface area contributed by atoms with Crippen LogP contribution in [-0.2, 0) is 6.42 Å². The van der Waals surface area contributed by atoms with Crippen LogP contribution in [0.5, 0.6) is 0 Å². The van der Waals surface area contributed by atoms with Gasteiger partial charge < -0.3 is 30.4 Å². The highest BCUT2D eigenvalue weighted by atomic mass is 19.1. The number of piperidine rings is 1. The van der Waals surface area contributed by atoms with Gasteiger partial charge in [0.1, 0.15) is 11.6 Å². The standard InChI is InChI=1S/C34H39F2N7O3/c1-3-26-19-25(8-9-43(26)34(45)46)37-31-20-27(42-12-10-41(2)11-13-42)5-6-28(31)33(44)38-32-29-17-21(4-7-30(29)39-40-32)14-22-15-23(35)18-24(36)16-22/h4-7,15-18,20,25-26,37H,3,8-14,19H2,1-2H3,(H,45,46)(H2,38,39,40,44). The Hall–Kier alpha value is -4.71. The Morgan fingerprint density at radius 2 is 1.74 bits per heavy atom. The number of nitrogens with zero attached hydrogens (tertiary/aromatic N) is 4. The lowest BCUT2D eigenvalue weighted by Crippen LogP contribution is -2.48. The molecule has 2 aliphatic heterocycles. The molecule has 0 aliphatic carbocycles. The largest absolute Gasteiger partial charge is 0.465 e. The van der Waals surface area contributed by atoms with Crippen LogP contribution in [0.4, 0.5) is 30.8 Å². The summed E-state index contributed by atoms with van der Waals surface area (Å²) in [6.45, 7) is 6.06. The molecule has 6 rings (SSSR count). The van der Waals surface area contributed by atoms with Gasteiger partial charge in [-0.2, -0.15) is 5.10 Å². The molecule has 10 nitrogen and oxygen atoms in total. The van der Waals surface area contributed by atoms with Crippen molar-refractivity contribution in [2.24, 2.45) is 0 Å². The molecule has 12 heteroatoms. The Balaban J connectivity index is 1.26. The van der Waals surface area contributed by atoms with Gasteiger partial charge in [0.05, 0.1) is 11.1 Å². The average molecular weight is 632 g/mol. The van der Waals surface area contributed by atoms with Crippen LogP contribution in [0.3, 0.4) is 0 Å². The third kappa shape index (κ3) is 6.91. The lowest BCUT2D eigenvalue weighted by atomic mass is 9.95. The monoisotopic (exact) mass is 631 g/mol. The number of carbonyl (C=O) groups excluding carboxylic acids is 1. The van der Waals surface area contributed by atoms with Gasteiger partial charge in [0.2, 0.25) is 0 Å². The molecule has 2 fully saturated rings. The summed E-state index contributed by atoms with van der Waals surface area (Å²) in [5.41, 5.74) is 4.18. The summed E-state index contributed by atoms with van der Waals surface area (Å²) in [6.07, 6.45) is 1.39. The first-order valence-corrected chi connectivity index (χ1v) is 15.7. The first kappa shape index (κ1) is 31.3. The second-order valence-electron chi connectivity index (χ2n) is 12.3. The smallest absolute Gasteiger partial charge is 0.407 e. The number of halogens is 2. The van der Waals surface area contributed by atoms with E-state index in [0.717, 1.165) is 43.5 Å². The zero-order valence-corrected chi connectivity index (χ0v) is 26.0. The molecule has 2 atom stereocenters. The topological polar surface area (TPSA) is 117 Å². The van der Waals surface area contributed by atoms with E-state index in [1.54, 1.807) is 0 Å². The highest BCUT2D eigenvalue weighted by molar-refractivity contribution is 6.11. The molecule has 0 spiro atoms. The molecule has 2 amide bonds. The lowest BCUT2D eigenvalue weighted by Gasteiger charge is -2.38. The molecule has 2 aliphatic rings. The normalized spacial score (nSPS) is 19.0. The minimum absolute atomic E-state index is 0.00345. The van der Waals surface area contributed by atoms with Gasteiger partial charge in [-0.15, -0.1) is 0 Å². The van der Waals surface area contributed by atoms with Crippen molar-refractivity contribution in [1.29, 1.82) is 0 Å². The minimum Gasteiger partial charge on any atom is -0.465 e. The summed E-state index contributed by atoms with van der Waals surface area (Å²) in [6, 6.07) is 14.7. The average Bonchev–Trinajstić information content (AvgIpc) is 3.42. The second-order valence-corrected chi connectivity index (χ2v) is 12.3. The number of aromatic nitrogens is 2. The quantitative estimate of drug-likeness (QED) is 0.195. The van der Waals surface area contributed by atoms with Crippen LogP contribution in [-0.4, -0.2) is 89.0 Å². The van der Waals surface area contributed by atoms with E-state index in [2.05, 4.69) is 37.7 Å². The maximum Gasteiger partial charge on any atom is 0.407 e. The molecule has 1 aromatic heterocycles. The summed E-state index contributed by atoms with van der Waals surface area (Å²) < 4.78 is 27.6. The van der Waals surface area contributed by atoms with E-state index in [4.69, 9.17) is 0 Å². The van der Waals surface area contributed by atoms with Gasteiger partial charge in [0.25, 0.3) is 5.91 Å². The predicted molar refractivity (Wildman–Crippen MR) is 175 cm³/mol. The van der Waals surface area contributed by atoms with Crippen molar-refractivity contribution in [3.63, 3.8) is 0 Å². The number of hydrogen-bond acceptors (Lipinski definition) is 6. The molecule has 3 aromatic carbocycles. The molecule has 0 bridgehead atoms. The Morgan fingerprint density at radius 3 is 2.46 bits per heavy atom. The highest BCUT2D eigenvalue weighted by Gasteiger charge is 2.31. The van der Waals surface area contributed by atoms with Gasteiger partial charge in [-0.3, -0.25) is 9.89 Å². The van der Waals surface area contributed by atoms with Gasteiger partial charge >= 0.3 is 6.09 Å². The number of hydrogen-bond donors (Lipinski definition) is 4. The number of aromatic amines is 1. The summed E-state index contributed by atoms with van der Waals surface area (Å²) in [4.78, 5) is 31.7. The molecule has 0 radical (unpaired) electrons. The van der Waals surface area contributed by atoms with Crippen LogP contribution < -0.4 is 15.5 Å². The van der Waals surface area contributed by atoms with E-state index >= 15 is 0 Å². The van der Waals surface area contributed by atoms with E-state index in [0.29, 0.717) is 65.8 Å². The van der Waals surface area contributed by atoms with Crippen molar-refractivity contribution in [1.82, 2.24) is 20.0 Å². The Morgan fingerprint density at radius 1 is 0.978 bits per heavy atom. The van der Waals surface area contributed by atoms with E-state index in [9.17, 15) is 23.5 Å². The van der Waals surface area contributed by atoms with Crippen LogP contribution in [0.15, 0.2) is 54.6 Å². The number of piperazine rings is 1. The number of amides is 2. The molecule has 46 heavy (non-hydrogen) atoms. The number of likely N-dealkylation sites (tertiary alicyclic amines) is 1. The van der Waals surface area contributed by atoms with Gasteiger partial charge in [0.15, 0.2) is 5.82 Å². The van der Waals surface area contributed by atoms with Crippen LogP contribution in [0.25, 0.3) is 10.9 Å². The number of carbonyl (C=O) groups is 2. The third-order valence-electron chi connectivity index (χ3n) is 9.10. The number of fused-ring (bicyclic) bond motifs is 1. The Labute approximate surface area is 266 Å². The van der Waals surface area contributed by atoms with E-state index in [-0.39, 0.29) is 18.0 Å². The maximum absolute atomic E-state index is 13.9. The Kier molecular flexibility index (Phi) is 9.07. The number of carboxylic acid groups (broad SMARTS) is 1. The van der Waals surface area contributed by atoms with Gasteiger partial charge in [0, 0.05) is 67.6 Å². The number of likely N-dealkylation sites (N-methyl/N-ethyl adjacent to an activating group) is 1. The fourth-order valence-corrected chi connectivity index (χ4v) is 6.54. The first-order chi connectivity index (χ1) is 22.2. The minimum atomic E-state index is -0.903. The summed E-state index contributed by atoms with van der Waals surface area (Å²) in [7, 11) is 2.11. The number of rotatable bonds is 8. The van der Waals surface area contributed by atoms with Crippen molar-refractivity contribution in [3.8, 4) is 0 Å². The van der Waals surface area contributed by atoms with Crippen molar-refractivity contribution < 1.29 is 23.5 Å². The van der Waals surface area contributed by atoms with Gasteiger partial charge in [-0.1, -0.05) is 13.0 Å². The summed E-state index contributed by atoms with van der Waals surface area (Å²) in [5, 5.41) is 24.2. The van der Waals surface area contributed by atoms with Crippen molar-refractivity contribution >= 4 is 40.1 Å². The number of anilines is 3. The molecular weight excluding hydrogens is 592 g/mol. The van der Waals surface area contributed by atoms with Crippen LogP contribution in [0.1, 0.15) is 47.7 Å². The number of H-pyrrole nitrogens is 1. The van der Waals surface area contributed by atoms with Crippen LogP contribution in [0.2, 0.25) is 0 Å². The van der Waals surface area contributed by atoms with Crippen LogP contribution >= 0.6 is 0 Å². The van der Waals surface area contributed by atoms with Crippen molar-refractivity contribution in [3.05, 3.63) is 82.9 Å². The predicted octanol–water partition coefficient (Wildman–Crippen LogP) is 5.77. The highest BCUT2D eigenvalue weighted by Crippen LogP contribution is 2.31.